The van der Waals surface area contributed by atoms with Crippen molar-refractivity contribution in [3.05, 3.63) is 42.4 Å². The molecule has 3 N–H and O–H groups in total. The monoisotopic (exact) mass is 477 g/mol. The number of methoxy groups -OCH3 is 1. The number of fused-ring (bicyclic) bond motifs is 2. The molecule has 5 heterocycles. The van der Waals surface area contributed by atoms with Crippen molar-refractivity contribution in [3.8, 4) is 11.3 Å². The molecule has 4 aromatic heterocycles. The Morgan fingerprint density at radius 3 is 2.91 bits per heavy atom. The minimum absolute atomic E-state index is 0.0103. The van der Waals surface area contributed by atoms with Crippen LogP contribution in [0.15, 0.2) is 36.8 Å². The van der Waals surface area contributed by atoms with Crippen molar-refractivity contribution in [2.75, 3.05) is 32.7 Å². The molecule has 0 bridgehead atoms. The quantitative estimate of drug-likeness (QED) is 0.382. The van der Waals surface area contributed by atoms with Gasteiger partial charge in [0.1, 0.15) is 23.1 Å². The average molecular weight is 478 g/mol. The summed E-state index contributed by atoms with van der Waals surface area (Å²) in [6.45, 7) is 1.06. The van der Waals surface area contributed by atoms with Gasteiger partial charge in [0.25, 0.3) is 5.91 Å². The number of hydrogen-bond acceptors (Lipinski definition) is 8. The van der Waals surface area contributed by atoms with Crippen molar-refractivity contribution in [1.82, 2.24) is 29.5 Å². The summed E-state index contributed by atoms with van der Waals surface area (Å²) in [5.74, 6) is 0.391. The zero-order valence-electron chi connectivity index (χ0n) is 19.5. The Morgan fingerprint density at radius 2 is 2.17 bits per heavy atom. The fourth-order valence-electron chi connectivity index (χ4n) is 4.88. The molecular formula is C24H27N7O4. The summed E-state index contributed by atoms with van der Waals surface area (Å²) in [5.41, 5.74) is 3.17. The summed E-state index contributed by atoms with van der Waals surface area (Å²) >= 11 is 0. The molecule has 1 saturated carbocycles. The van der Waals surface area contributed by atoms with Gasteiger partial charge in [0, 0.05) is 43.6 Å². The van der Waals surface area contributed by atoms with Crippen LogP contribution in [-0.2, 0) is 9.47 Å². The van der Waals surface area contributed by atoms with E-state index >= 15 is 0 Å². The SMILES string of the molecule is CNc1cc(-c2cn([C@@H]3COC[C@H]3OC)c3ncccc23)nc2c(C(=O)N[C@H]3CC[C@H]3O)cnn12. The van der Waals surface area contributed by atoms with Gasteiger partial charge >= 0.3 is 0 Å². The summed E-state index contributed by atoms with van der Waals surface area (Å²) in [6.07, 6.45) is 6.18. The number of pyridine rings is 1. The molecule has 4 atom stereocenters. The molecule has 1 aliphatic heterocycles. The van der Waals surface area contributed by atoms with E-state index in [2.05, 4.69) is 25.3 Å². The van der Waals surface area contributed by atoms with Crippen molar-refractivity contribution >= 4 is 28.4 Å². The fraction of sp³-hybridized carbons (Fsp3) is 0.417. The second kappa shape index (κ2) is 8.59. The molecule has 2 aliphatic rings. The van der Waals surface area contributed by atoms with Gasteiger partial charge in [-0.05, 0) is 25.0 Å². The number of anilines is 1. The lowest BCUT2D eigenvalue weighted by molar-refractivity contribution is 0.0448. The molecule has 2 fully saturated rings. The first kappa shape index (κ1) is 22.0. The highest BCUT2D eigenvalue weighted by molar-refractivity contribution is 6.01. The highest BCUT2D eigenvalue weighted by atomic mass is 16.5. The molecule has 0 aromatic carbocycles. The predicted molar refractivity (Wildman–Crippen MR) is 128 cm³/mol. The van der Waals surface area contributed by atoms with Gasteiger partial charge in [0.2, 0.25) is 0 Å². The second-order valence-corrected chi connectivity index (χ2v) is 9.00. The van der Waals surface area contributed by atoms with E-state index in [1.54, 1.807) is 24.9 Å². The Labute approximate surface area is 201 Å². The largest absolute Gasteiger partial charge is 0.391 e. The van der Waals surface area contributed by atoms with Gasteiger partial charge in [0.15, 0.2) is 5.65 Å². The molecule has 1 saturated heterocycles. The molecule has 1 aliphatic carbocycles. The van der Waals surface area contributed by atoms with Gasteiger partial charge in [-0.15, -0.1) is 0 Å². The molecule has 11 nitrogen and oxygen atoms in total. The topological polar surface area (TPSA) is 128 Å². The number of nitrogens with one attached hydrogen (secondary N) is 2. The molecule has 0 unspecified atom stereocenters. The van der Waals surface area contributed by atoms with E-state index in [-0.39, 0.29) is 24.1 Å². The van der Waals surface area contributed by atoms with E-state index in [4.69, 9.17) is 14.5 Å². The Kier molecular flexibility index (Phi) is 5.39. The summed E-state index contributed by atoms with van der Waals surface area (Å²) in [7, 11) is 3.49. The first-order valence-electron chi connectivity index (χ1n) is 11.7. The van der Waals surface area contributed by atoms with Crippen molar-refractivity contribution in [2.45, 2.75) is 37.1 Å². The van der Waals surface area contributed by atoms with Gasteiger partial charge in [-0.25, -0.2) is 9.97 Å². The number of carbonyl (C=O) groups is 1. The molecule has 6 rings (SSSR count). The average Bonchev–Trinajstić information content (AvgIpc) is 3.61. The fourth-order valence-corrected chi connectivity index (χ4v) is 4.88. The maximum absolute atomic E-state index is 13.0. The number of aromatic nitrogens is 5. The molecule has 182 valence electrons. The van der Waals surface area contributed by atoms with Crippen LogP contribution in [0.25, 0.3) is 27.9 Å². The van der Waals surface area contributed by atoms with E-state index in [1.165, 1.54) is 6.20 Å². The van der Waals surface area contributed by atoms with Gasteiger partial charge < -0.3 is 29.8 Å². The number of ether oxygens (including phenoxy) is 2. The molecule has 0 radical (unpaired) electrons. The summed E-state index contributed by atoms with van der Waals surface area (Å²) in [4.78, 5) is 22.5. The third-order valence-electron chi connectivity index (χ3n) is 7.05. The van der Waals surface area contributed by atoms with E-state index in [0.717, 1.165) is 23.0 Å². The van der Waals surface area contributed by atoms with Gasteiger partial charge in [-0.1, -0.05) is 0 Å². The van der Waals surface area contributed by atoms with E-state index in [9.17, 15) is 9.90 Å². The zero-order chi connectivity index (χ0) is 24.1. The maximum Gasteiger partial charge on any atom is 0.257 e. The lowest BCUT2D eigenvalue weighted by Crippen LogP contribution is -2.50. The number of aliphatic hydroxyl groups is 1. The first-order chi connectivity index (χ1) is 17.1. The van der Waals surface area contributed by atoms with Crippen LogP contribution in [0.4, 0.5) is 5.82 Å². The first-order valence-corrected chi connectivity index (χ1v) is 11.7. The summed E-state index contributed by atoms with van der Waals surface area (Å²) in [5, 5.41) is 21.3. The van der Waals surface area contributed by atoms with E-state index < -0.39 is 6.10 Å². The number of rotatable bonds is 6. The predicted octanol–water partition coefficient (Wildman–Crippen LogP) is 1.63. The number of hydrogen-bond donors (Lipinski definition) is 3. The Hall–Kier alpha value is -3.54. The normalized spacial score (nSPS) is 24.1. The number of nitrogens with zero attached hydrogens (tertiary/aromatic N) is 5. The van der Waals surface area contributed by atoms with E-state index in [1.807, 2.05) is 24.4 Å². The Bertz CT molecular complexity index is 1410. The van der Waals surface area contributed by atoms with Crippen LogP contribution in [0.5, 0.6) is 0 Å². The minimum Gasteiger partial charge on any atom is -0.391 e. The van der Waals surface area contributed by atoms with E-state index in [0.29, 0.717) is 42.4 Å². The summed E-state index contributed by atoms with van der Waals surface area (Å²) in [6, 6.07) is 5.56. The van der Waals surface area contributed by atoms with Crippen LogP contribution in [-0.4, -0.2) is 80.8 Å². The van der Waals surface area contributed by atoms with Crippen LogP contribution in [0.1, 0.15) is 29.2 Å². The van der Waals surface area contributed by atoms with Crippen LogP contribution in [0.2, 0.25) is 0 Å². The minimum atomic E-state index is -0.508. The van der Waals surface area contributed by atoms with Crippen molar-refractivity contribution < 1.29 is 19.4 Å². The van der Waals surface area contributed by atoms with Crippen LogP contribution < -0.4 is 10.6 Å². The Morgan fingerprint density at radius 1 is 1.29 bits per heavy atom. The standard InChI is InChI=1S/C24H27N7O4/c1-25-21-8-17(28-23-14(9-27-31(21)23)24(33)29-16-5-6-19(16)32)15-10-30(18-11-35-12-20(18)34-2)22-13(15)4-3-7-26-22/h3-4,7-10,16,18-20,25,32H,5-6,11-12H2,1-2H3,(H,29,33)/t16-,18+,19+,20+/m0/s1. The third kappa shape index (κ3) is 3.54. The third-order valence-corrected chi connectivity index (χ3v) is 7.05. The highest BCUT2D eigenvalue weighted by Crippen LogP contribution is 2.35. The van der Waals surface area contributed by atoms with Crippen molar-refractivity contribution in [3.63, 3.8) is 0 Å². The van der Waals surface area contributed by atoms with Gasteiger partial charge in [-0.3, -0.25) is 4.79 Å². The maximum atomic E-state index is 13.0. The van der Waals surface area contributed by atoms with Crippen LogP contribution in [0.3, 0.4) is 0 Å². The number of carbonyl (C=O) groups excluding carboxylic acids is 1. The second-order valence-electron chi connectivity index (χ2n) is 9.00. The van der Waals surface area contributed by atoms with Crippen molar-refractivity contribution in [2.24, 2.45) is 0 Å². The molecule has 4 aromatic rings. The summed E-state index contributed by atoms with van der Waals surface area (Å²) < 4.78 is 15.0. The van der Waals surface area contributed by atoms with Crippen molar-refractivity contribution in [1.29, 1.82) is 0 Å². The number of aliphatic hydroxyl groups excluding tert-OH is 1. The van der Waals surface area contributed by atoms with Crippen LogP contribution in [0, 0.1) is 0 Å². The van der Waals surface area contributed by atoms with Gasteiger partial charge in [-0.2, -0.15) is 9.61 Å². The van der Waals surface area contributed by atoms with Crippen LogP contribution >= 0.6 is 0 Å². The Balaban J connectivity index is 1.47. The number of amides is 1. The molecule has 1 amide bonds. The molecule has 0 spiro atoms. The molecule has 11 heteroatoms. The smallest absolute Gasteiger partial charge is 0.257 e. The van der Waals surface area contributed by atoms with Gasteiger partial charge in [0.05, 0.1) is 43.3 Å². The highest BCUT2D eigenvalue weighted by Gasteiger charge is 2.33. The zero-order valence-corrected chi connectivity index (χ0v) is 19.5. The lowest BCUT2D eigenvalue weighted by Gasteiger charge is -2.32. The molecular weight excluding hydrogens is 450 g/mol. The lowest BCUT2D eigenvalue weighted by atomic mass is 9.89. The molecule has 35 heavy (non-hydrogen) atoms.